The minimum absolute atomic E-state index is 0.254. The minimum atomic E-state index is 0.254. The molecule has 28 heavy (non-hydrogen) atoms. The lowest BCUT2D eigenvalue weighted by molar-refractivity contribution is 0.160. The number of rotatable bonds is 12. The molecule has 1 aliphatic rings. The van der Waals surface area contributed by atoms with Crippen molar-refractivity contribution in [3.63, 3.8) is 0 Å². The second kappa shape index (κ2) is 13.8. The summed E-state index contributed by atoms with van der Waals surface area (Å²) >= 11 is 0. The first-order chi connectivity index (χ1) is 13.8. The van der Waals surface area contributed by atoms with Crippen LogP contribution in [0, 0.1) is 11.8 Å². The number of unbranched alkanes of at least 4 members (excludes halogenated alkanes) is 6. The number of hydrogen-bond donors (Lipinski definition) is 0. The number of likely N-dealkylation sites (N-methyl/N-ethyl adjacent to an activating group) is 1. The van der Waals surface area contributed by atoms with E-state index in [0.29, 0.717) is 6.04 Å². The monoisotopic (exact) mass is 382 g/mol. The van der Waals surface area contributed by atoms with Gasteiger partial charge in [0.1, 0.15) is 0 Å². The van der Waals surface area contributed by atoms with E-state index in [1.165, 1.54) is 70.0 Å². The summed E-state index contributed by atoms with van der Waals surface area (Å²) in [5.74, 6) is 7.23. The van der Waals surface area contributed by atoms with Crippen LogP contribution in [0.4, 0.5) is 0 Å². The highest BCUT2D eigenvalue weighted by atomic mass is 15.2. The molecular weight excluding hydrogens is 340 g/mol. The molecule has 1 saturated heterocycles. The zero-order chi connectivity index (χ0) is 20.0. The molecule has 2 nitrogen and oxygen atoms in total. The molecule has 1 fully saturated rings. The van der Waals surface area contributed by atoms with E-state index in [4.69, 9.17) is 0 Å². The van der Waals surface area contributed by atoms with E-state index in [0.717, 1.165) is 19.5 Å². The quantitative estimate of drug-likeness (QED) is 0.310. The lowest BCUT2D eigenvalue weighted by atomic mass is 10.0. The second-order valence-corrected chi connectivity index (χ2v) is 8.17. The van der Waals surface area contributed by atoms with Crippen LogP contribution in [-0.4, -0.2) is 42.0 Å². The molecule has 0 aromatic heterocycles. The predicted octanol–water partition coefficient (Wildman–Crippen LogP) is 6.29. The van der Waals surface area contributed by atoms with Gasteiger partial charge < -0.3 is 4.90 Å². The molecule has 0 amide bonds. The van der Waals surface area contributed by atoms with E-state index in [1.807, 2.05) is 0 Å². The lowest BCUT2D eigenvalue weighted by Crippen LogP contribution is -2.41. The highest BCUT2D eigenvalue weighted by molar-refractivity contribution is 5.28. The molecule has 1 aromatic rings. The van der Waals surface area contributed by atoms with Crippen molar-refractivity contribution >= 4 is 0 Å². The molecule has 0 radical (unpaired) electrons. The van der Waals surface area contributed by atoms with Gasteiger partial charge in [-0.2, -0.15) is 0 Å². The topological polar surface area (TPSA) is 6.48 Å². The van der Waals surface area contributed by atoms with Gasteiger partial charge >= 0.3 is 0 Å². The Hall–Kier alpha value is -1.30. The Morgan fingerprint density at radius 1 is 1.00 bits per heavy atom. The van der Waals surface area contributed by atoms with E-state index < -0.39 is 0 Å². The van der Waals surface area contributed by atoms with Crippen molar-refractivity contribution in [2.45, 2.75) is 90.6 Å². The van der Waals surface area contributed by atoms with Crippen LogP contribution in [0.1, 0.15) is 90.2 Å². The smallest absolute Gasteiger partial charge is 0.0973 e. The van der Waals surface area contributed by atoms with Gasteiger partial charge in [0.15, 0.2) is 0 Å². The summed E-state index contributed by atoms with van der Waals surface area (Å²) in [5, 5.41) is 0. The third-order valence-corrected chi connectivity index (χ3v) is 6.13. The Morgan fingerprint density at radius 2 is 1.71 bits per heavy atom. The second-order valence-electron chi connectivity index (χ2n) is 8.17. The maximum Gasteiger partial charge on any atom is 0.0973 e. The molecule has 1 aromatic carbocycles. The molecule has 156 valence electrons. The average Bonchev–Trinajstić information content (AvgIpc) is 3.19. The van der Waals surface area contributed by atoms with Gasteiger partial charge in [0.2, 0.25) is 0 Å². The lowest BCUT2D eigenvalue weighted by Gasteiger charge is -2.33. The van der Waals surface area contributed by atoms with Gasteiger partial charge in [-0.25, -0.2) is 0 Å². The van der Waals surface area contributed by atoms with E-state index >= 15 is 0 Å². The van der Waals surface area contributed by atoms with Crippen LogP contribution in [0.5, 0.6) is 0 Å². The predicted molar refractivity (Wildman–Crippen MR) is 122 cm³/mol. The summed E-state index contributed by atoms with van der Waals surface area (Å²) in [5.41, 5.74) is 1.37. The van der Waals surface area contributed by atoms with E-state index in [1.54, 1.807) is 0 Å². The molecule has 0 N–H and O–H groups in total. The first-order valence-electron chi connectivity index (χ1n) is 11.8. The average molecular weight is 383 g/mol. The highest BCUT2D eigenvalue weighted by Gasteiger charge is 2.31. The summed E-state index contributed by atoms with van der Waals surface area (Å²) in [4.78, 5) is 5.25. The van der Waals surface area contributed by atoms with Crippen LogP contribution in [-0.2, 0) is 0 Å². The molecule has 2 rings (SSSR count). The molecule has 2 unspecified atom stereocenters. The van der Waals surface area contributed by atoms with Crippen molar-refractivity contribution in [2.75, 3.05) is 26.2 Å². The Labute approximate surface area is 174 Å². The van der Waals surface area contributed by atoms with Gasteiger partial charge in [0.25, 0.3) is 0 Å². The molecule has 1 aliphatic heterocycles. The fourth-order valence-corrected chi connectivity index (χ4v) is 4.33. The van der Waals surface area contributed by atoms with Crippen LogP contribution in [0.2, 0.25) is 0 Å². The third-order valence-electron chi connectivity index (χ3n) is 6.13. The maximum atomic E-state index is 3.68. The molecule has 2 heteroatoms. The molecule has 0 spiro atoms. The zero-order valence-electron chi connectivity index (χ0n) is 18.6. The van der Waals surface area contributed by atoms with Crippen LogP contribution in [0.25, 0.3) is 0 Å². The fraction of sp³-hybridized carbons (Fsp3) is 0.692. The van der Waals surface area contributed by atoms with Crippen molar-refractivity contribution in [2.24, 2.45) is 0 Å². The van der Waals surface area contributed by atoms with Crippen LogP contribution >= 0.6 is 0 Å². The Bertz CT molecular complexity index is 567. The third kappa shape index (κ3) is 7.61. The Kier molecular flexibility index (Phi) is 11.3. The molecule has 2 atom stereocenters. The van der Waals surface area contributed by atoms with Crippen molar-refractivity contribution in [1.82, 2.24) is 9.80 Å². The van der Waals surface area contributed by atoms with E-state index in [9.17, 15) is 0 Å². The summed E-state index contributed by atoms with van der Waals surface area (Å²) in [7, 11) is 0. The standard InChI is InChI=1S/C26H42N2/c1-4-7-8-9-10-11-12-16-21-26(24-18-14-13-15-19-24)28-22-17-20-25(28)23-27(5-2)6-3/h13-15,18-19,25-26H,4-12,17,20,22-23H2,1-3H3. The van der Waals surface area contributed by atoms with Gasteiger partial charge in [-0.3, -0.25) is 4.90 Å². The highest BCUT2D eigenvalue weighted by Crippen LogP contribution is 2.29. The van der Waals surface area contributed by atoms with Crippen LogP contribution in [0.15, 0.2) is 30.3 Å². The Morgan fingerprint density at radius 3 is 2.43 bits per heavy atom. The van der Waals surface area contributed by atoms with E-state index in [-0.39, 0.29) is 6.04 Å². The molecule has 0 saturated carbocycles. The van der Waals surface area contributed by atoms with Crippen molar-refractivity contribution in [3.05, 3.63) is 35.9 Å². The molecule has 0 bridgehead atoms. The fourth-order valence-electron chi connectivity index (χ4n) is 4.33. The number of hydrogen-bond acceptors (Lipinski definition) is 2. The van der Waals surface area contributed by atoms with Gasteiger partial charge in [0.05, 0.1) is 6.04 Å². The van der Waals surface area contributed by atoms with Gasteiger partial charge in [-0.05, 0) is 37.9 Å². The minimum Gasteiger partial charge on any atom is -0.302 e. The summed E-state index contributed by atoms with van der Waals surface area (Å²) < 4.78 is 0. The molecular formula is C26H42N2. The molecule has 1 heterocycles. The number of nitrogens with zero attached hydrogens (tertiary/aromatic N) is 2. The van der Waals surface area contributed by atoms with E-state index in [2.05, 4.69) is 72.7 Å². The maximum absolute atomic E-state index is 3.68. The van der Waals surface area contributed by atoms with Gasteiger partial charge in [-0.15, -0.1) is 5.92 Å². The SMILES string of the molecule is CCCCCCCCC#CC(c1ccccc1)N1CCCC1CN(CC)CC. The first kappa shape index (κ1) is 23.0. The summed E-state index contributed by atoms with van der Waals surface area (Å²) in [6.45, 7) is 11.5. The van der Waals surface area contributed by atoms with Crippen molar-refractivity contribution in [3.8, 4) is 11.8 Å². The van der Waals surface area contributed by atoms with Crippen LogP contribution in [0.3, 0.4) is 0 Å². The summed E-state index contributed by atoms with van der Waals surface area (Å²) in [6, 6.07) is 11.8. The zero-order valence-corrected chi connectivity index (χ0v) is 18.6. The normalized spacial score (nSPS) is 18.2. The Balaban J connectivity index is 1.99. The van der Waals surface area contributed by atoms with Crippen molar-refractivity contribution in [1.29, 1.82) is 0 Å². The van der Waals surface area contributed by atoms with Gasteiger partial charge in [-0.1, -0.05) is 89.1 Å². The van der Waals surface area contributed by atoms with Crippen molar-refractivity contribution < 1.29 is 0 Å². The number of benzene rings is 1. The molecule has 0 aliphatic carbocycles. The largest absolute Gasteiger partial charge is 0.302 e. The first-order valence-corrected chi connectivity index (χ1v) is 11.8. The van der Waals surface area contributed by atoms with Gasteiger partial charge in [0, 0.05) is 25.6 Å². The van der Waals surface area contributed by atoms with Crippen LogP contribution < -0.4 is 0 Å². The number of likely N-dealkylation sites (tertiary alicyclic amines) is 1. The summed E-state index contributed by atoms with van der Waals surface area (Å²) in [6.07, 6.45) is 11.7.